The molecule has 0 amide bonds. The van der Waals surface area contributed by atoms with Crippen molar-refractivity contribution < 1.29 is 19.0 Å². The van der Waals surface area contributed by atoms with Gasteiger partial charge in [-0.25, -0.2) is 4.39 Å². The largest absolute Gasteiger partial charge is 0.481 e. The number of hydrogen-bond donors (Lipinski definition) is 1. The van der Waals surface area contributed by atoms with Crippen LogP contribution < -0.4 is 4.74 Å². The maximum atomic E-state index is 15.5. The summed E-state index contributed by atoms with van der Waals surface area (Å²) in [6, 6.07) is 21.2. The molecular formula is C28H22Cl2FNO3. The Morgan fingerprint density at radius 2 is 1.74 bits per heavy atom. The van der Waals surface area contributed by atoms with Gasteiger partial charge in [0.05, 0.1) is 10.9 Å². The number of nitriles is 1. The molecule has 7 heteroatoms. The van der Waals surface area contributed by atoms with Crippen LogP contribution in [0.25, 0.3) is 5.03 Å². The number of hydrogen-bond acceptors (Lipinski definition) is 3. The molecule has 4 nitrogen and oxygen atoms in total. The lowest BCUT2D eigenvalue weighted by Gasteiger charge is -2.19. The van der Waals surface area contributed by atoms with Crippen LogP contribution in [0.4, 0.5) is 4.39 Å². The molecular weight excluding hydrogens is 488 g/mol. The quantitative estimate of drug-likeness (QED) is 0.352. The van der Waals surface area contributed by atoms with Crippen molar-refractivity contribution in [1.82, 2.24) is 0 Å². The van der Waals surface area contributed by atoms with Crippen LogP contribution in [0.2, 0.25) is 5.02 Å². The molecule has 0 radical (unpaired) electrons. The van der Waals surface area contributed by atoms with E-state index in [-0.39, 0.29) is 22.5 Å². The maximum Gasteiger partial charge on any atom is 0.307 e. The molecule has 1 fully saturated rings. The van der Waals surface area contributed by atoms with Gasteiger partial charge in [-0.05, 0) is 41.2 Å². The molecule has 3 unspecified atom stereocenters. The molecule has 0 saturated heterocycles. The van der Waals surface area contributed by atoms with Crippen LogP contribution in [0.15, 0.2) is 78.9 Å². The summed E-state index contributed by atoms with van der Waals surface area (Å²) >= 11 is 12.8. The molecule has 0 bridgehead atoms. The fourth-order valence-electron chi connectivity index (χ4n) is 4.29. The molecule has 1 saturated carbocycles. The van der Waals surface area contributed by atoms with E-state index in [0.717, 1.165) is 0 Å². The highest BCUT2D eigenvalue weighted by atomic mass is 35.5. The highest BCUT2D eigenvalue weighted by Gasteiger charge is 2.61. The Morgan fingerprint density at radius 3 is 2.31 bits per heavy atom. The first-order chi connectivity index (χ1) is 16.6. The smallest absolute Gasteiger partial charge is 0.307 e. The van der Waals surface area contributed by atoms with Crippen LogP contribution in [0.1, 0.15) is 30.5 Å². The molecule has 1 aliphatic carbocycles. The van der Waals surface area contributed by atoms with Gasteiger partial charge in [-0.15, -0.1) is 0 Å². The summed E-state index contributed by atoms with van der Waals surface area (Å²) in [6.07, 6.45) is 1.76. The number of ether oxygens (including phenoxy) is 1. The number of alkyl halides is 1. The molecule has 0 aliphatic heterocycles. The van der Waals surface area contributed by atoms with Gasteiger partial charge >= 0.3 is 5.97 Å². The van der Waals surface area contributed by atoms with Crippen molar-refractivity contribution in [1.29, 1.82) is 5.26 Å². The Balaban J connectivity index is 1.56. The number of nitrogens with zero attached hydrogens (tertiary/aromatic N) is 1. The minimum Gasteiger partial charge on any atom is -0.481 e. The molecule has 3 aromatic carbocycles. The van der Waals surface area contributed by atoms with E-state index in [9.17, 15) is 15.2 Å². The summed E-state index contributed by atoms with van der Waals surface area (Å²) < 4.78 is 21.4. The van der Waals surface area contributed by atoms with Crippen LogP contribution >= 0.6 is 23.2 Å². The Labute approximate surface area is 213 Å². The average Bonchev–Trinajstić information content (AvgIpc) is 3.40. The molecule has 0 heterocycles. The molecule has 35 heavy (non-hydrogen) atoms. The van der Waals surface area contributed by atoms with Gasteiger partial charge in [-0.1, -0.05) is 91.7 Å². The van der Waals surface area contributed by atoms with E-state index >= 15 is 4.39 Å². The van der Waals surface area contributed by atoms with E-state index < -0.39 is 17.6 Å². The predicted octanol–water partition coefficient (Wildman–Crippen LogP) is 7.81. The highest BCUT2D eigenvalue weighted by Crippen LogP contribution is 2.60. The first kappa shape index (κ1) is 24.8. The fraction of sp³-hybridized carbons (Fsp3) is 0.214. The van der Waals surface area contributed by atoms with Gasteiger partial charge in [0.25, 0.3) is 0 Å². The van der Waals surface area contributed by atoms with Crippen molar-refractivity contribution in [2.24, 2.45) is 17.3 Å². The lowest BCUT2D eigenvalue weighted by molar-refractivity contribution is -0.139. The number of carboxylic acid groups (broad SMARTS) is 1. The van der Waals surface area contributed by atoms with Crippen molar-refractivity contribution in [2.45, 2.75) is 19.5 Å². The second-order valence-corrected chi connectivity index (χ2v) is 9.90. The summed E-state index contributed by atoms with van der Waals surface area (Å²) in [5.41, 5.74) is -1.60. The van der Waals surface area contributed by atoms with Crippen molar-refractivity contribution >= 4 is 34.2 Å². The van der Waals surface area contributed by atoms with E-state index in [1.165, 1.54) is 12.1 Å². The predicted molar refractivity (Wildman–Crippen MR) is 134 cm³/mol. The summed E-state index contributed by atoms with van der Waals surface area (Å²) in [6.45, 7) is 3.79. The second kappa shape index (κ2) is 9.37. The van der Waals surface area contributed by atoms with E-state index in [0.29, 0.717) is 27.1 Å². The normalized spacial score (nSPS) is 20.4. The number of carbonyl (C=O) groups is 1. The van der Waals surface area contributed by atoms with Gasteiger partial charge in [-0.2, -0.15) is 5.26 Å². The lowest BCUT2D eigenvalue weighted by Crippen LogP contribution is -2.19. The second-order valence-electron chi connectivity index (χ2n) is 9.09. The summed E-state index contributed by atoms with van der Waals surface area (Å²) in [7, 11) is 0. The van der Waals surface area contributed by atoms with Gasteiger partial charge in [0.2, 0.25) is 5.67 Å². The summed E-state index contributed by atoms with van der Waals surface area (Å²) in [4.78, 5) is 11.4. The summed E-state index contributed by atoms with van der Waals surface area (Å²) in [5.74, 6) is -0.764. The first-order valence-electron chi connectivity index (χ1n) is 10.9. The minimum absolute atomic E-state index is 0.175. The van der Waals surface area contributed by atoms with E-state index in [4.69, 9.17) is 27.9 Å². The molecule has 178 valence electrons. The van der Waals surface area contributed by atoms with Crippen molar-refractivity contribution in [3.63, 3.8) is 0 Å². The Kier molecular flexibility index (Phi) is 6.64. The Bertz CT molecular complexity index is 1330. The molecule has 1 N–H and O–H groups in total. The number of rotatable bonds is 7. The minimum atomic E-state index is -2.29. The number of benzene rings is 3. The summed E-state index contributed by atoms with van der Waals surface area (Å²) in [5, 5.41) is 19.7. The zero-order chi connectivity index (χ0) is 25.4. The van der Waals surface area contributed by atoms with E-state index in [1.807, 2.05) is 13.8 Å². The molecule has 4 rings (SSSR count). The average molecular weight is 510 g/mol. The van der Waals surface area contributed by atoms with Crippen molar-refractivity contribution in [3.05, 3.63) is 101 Å². The topological polar surface area (TPSA) is 70.3 Å². The molecule has 3 aromatic rings. The third-order valence-electron chi connectivity index (χ3n) is 6.52. The zero-order valence-electron chi connectivity index (χ0n) is 19.0. The van der Waals surface area contributed by atoms with Gasteiger partial charge in [-0.3, -0.25) is 4.79 Å². The van der Waals surface area contributed by atoms with Crippen LogP contribution in [0.3, 0.4) is 0 Å². The SMILES string of the molecule is CC1(C)C(C=C(Cl)c2ccc(Cl)c(Oc3ccc(C(F)(C#N)c4ccccc4)cc3)c2)C1C(=O)O. The van der Waals surface area contributed by atoms with E-state index in [2.05, 4.69) is 0 Å². The maximum absolute atomic E-state index is 15.5. The van der Waals surface area contributed by atoms with Gasteiger partial charge in [0.15, 0.2) is 0 Å². The Morgan fingerprint density at radius 1 is 1.11 bits per heavy atom. The third-order valence-corrected chi connectivity index (χ3v) is 7.17. The number of allylic oxidation sites excluding steroid dienone is 1. The Hall–Kier alpha value is -3.33. The number of aliphatic carboxylic acids is 1. The zero-order valence-corrected chi connectivity index (χ0v) is 20.5. The van der Waals surface area contributed by atoms with Crippen LogP contribution in [-0.2, 0) is 10.5 Å². The third kappa shape index (κ3) is 4.77. The first-order valence-corrected chi connectivity index (χ1v) is 11.7. The van der Waals surface area contributed by atoms with Gasteiger partial charge in [0, 0.05) is 16.2 Å². The monoisotopic (exact) mass is 509 g/mol. The fourth-order valence-corrected chi connectivity index (χ4v) is 4.70. The van der Waals surface area contributed by atoms with Crippen LogP contribution in [-0.4, -0.2) is 11.1 Å². The lowest BCUT2D eigenvalue weighted by atomic mass is 9.89. The van der Waals surface area contributed by atoms with Crippen molar-refractivity contribution in [2.75, 3.05) is 0 Å². The number of carboxylic acids is 1. The van der Waals surface area contributed by atoms with Crippen LogP contribution in [0, 0.1) is 28.6 Å². The molecule has 1 aliphatic rings. The highest BCUT2D eigenvalue weighted by molar-refractivity contribution is 6.48. The van der Waals surface area contributed by atoms with Crippen molar-refractivity contribution in [3.8, 4) is 17.6 Å². The van der Waals surface area contributed by atoms with Gasteiger partial charge in [0.1, 0.15) is 17.6 Å². The van der Waals surface area contributed by atoms with Crippen LogP contribution in [0.5, 0.6) is 11.5 Å². The standard InChI is InChI=1S/C28H22Cl2FNO3/c1-27(2)21(25(27)26(33)34)15-23(30)17-8-13-22(29)24(14-17)35-20-11-9-19(10-12-20)28(31,16-32)18-6-4-3-5-7-18/h3-15,21,25H,1-2H3,(H,33,34). The van der Waals surface area contributed by atoms with Gasteiger partial charge < -0.3 is 9.84 Å². The molecule has 0 spiro atoms. The molecule has 0 aromatic heterocycles. The number of halogens is 3. The van der Waals surface area contributed by atoms with E-state index in [1.54, 1.807) is 72.8 Å². The molecule has 3 atom stereocenters.